The van der Waals surface area contributed by atoms with Crippen LogP contribution in [0.15, 0.2) is 78.9 Å². The molecule has 0 spiro atoms. The number of benzene rings is 3. The number of hydrogen-bond acceptors (Lipinski definition) is 5. The molecule has 3 aromatic rings. The molecule has 0 aromatic heterocycles. The van der Waals surface area contributed by atoms with Crippen molar-refractivity contribution in [3.05, 3.63) is 90.2 Å². The van der Waals surface area contributed by atoms with E-state index in [1.165, 1.54) is 25.1 Å². The minimum atomic E-state index is -0.240. The molecule has 3 aromatic carbocycles. The van der Waals surface area contributed by atoms with E-state index in [1.807, 2.05) is 30.3 Å². The third-order valence-electron chi connectivity index (χ3n) is 6.91. The van der Waals surface area contributed by atoms with E-state index in [4.69, 9.17) is 4.74 Å². The van der Waals surface area contributed by atoms with Gasteiger partial charge in [0.1, 0.15) is 24.7 Å². The Labute approximate surface area is 210 Å². The van der Waals surface area contributed by atoms with Gasteiger partial charge < -0.3 is 19.6 Å². The number of anilines is 2. The van der Waals surface area contributed by atoms with E-state index in [2.05, 4.69) is 5.32 Å². The zero-order valence-corrected chi connectivity index (χ0v) is 20.4. The number of ketones is 1. The molecule has 2 bridgehead atoms. The van der Waals surface area contributed by atoms with Gasteiger partial charge in [-0.15, -0.1) is 0 Å². The Balaban J connectivity index is 0.000000187. The summed E-state index contributed by atoms with van der Waals surface area (Å²) in [7, 11) is 0. The molecule has 1 atom stereocenters. The van der Waals surface area contributed by atoms with Crippen LogP contribution in [0.5, 0.6) is 5.75 Å². The molecule has 3 fully saturated rings. The third kappa shape index (κ3) is 6.70. The first-order valence-corrected chi connectivity index (χ1v) is 12.2. The number of hydrogen-bond donors (Lipinski definition) is 2. The van der Waals surface area contributed by atoms with Crippen molar-refractivity contribution in [3.63, 3.8) is 0 Å². The van der Waals surface area contributed by atoms with E-state index in [0.717, 1.165) is 43.9 Å². The van der Waals surface area contributed by atoms with Crippen molar-refractivity contribution in [1.82, 2.24) is 0 Å². The Morgan fingerprint density at radius 1 is 0.972 bits per heavy atom. The maximum atomic E-state index is 12.6. The minimum Gasteiger partial charge on any atom is -0.508 e. The number of piperidine rings is 3. The van der Waals surface area contributed by atoms with E-state index in [0.29, 0.717) is 22.5 Å². The summed E-state index contributed by atoms with van der Waals surface area (Å²) in [5, 5.41) is 12.7. The molecule has 6 rings (SSSR count). The fourth-order valence-corrected chi connectivity index (χ4v) is 5.09. The smallest absolute Gasteiger partial charge is 0.303 e. The Kier molecular flexibility index (Phi) is 8.00. The van der Waals surface area contributed by atoms with Gasteiger partial charge in [0.15, 0.2) is 6.10 Å². The molecule has 3 aliphatic rings. The number of carbonyl (C=O) groups is 2. The fourth-order valence-electron chi connectivity index (χ4n) is 5.09. The third-order valence-corrected chi connectivity index (χ3v) is 6.91. The monoisotopic (exact) mass is 491 g/mol. The largest absolute Gasteiger partial charge is 0.508 e. The molecule has 1 unspecified atom stereocenters. The number of phenols is 1. The molecule has 188 valence electrons. The lowest BCUT2D eigenvalue weighted by Gasteiger charge is -2.51. The zero-order valence-electron chi connectivity index (χ0n) is 20.4. The van der Waals surface area contributed by atoms with Crippen molar-refractivity contribution in [2.24, 2.45) is 5.92 Å². The molecule has 6 nitrogen and oxygen atoms in total. The molecular weight excluding hydrogens is 459 g/mol. The van der Waals surface area contributed by atoms with Gasteiger partial charge >= 0.3 is 5.97 Å². The van der Waals surface area contributed by atoms with Crippen LogP contribution in [0.3, 0.4) is 0 Å². The van der Waals surface area contributed by atoms with Crippen molar-refractivity contribution in [2.45, 2.75) is 25.9 Å². The topological polar surface area (TPSA) is 75.6 Å². The van der Waals surface area contributed by atoms with Gasteiger partial charge in [-0.05, 0) is 48.5 Å². The van der Waals surface area contributed by atoms with Gasteiger partial charge in [-0.3, -0.25) is 9.59 Å². The van der Waals surface area contributed by atoms with Gasteiger partial charge in [0, 0.05) is 42.6 Å². The fraction of sp³-hybridized carbons (Fsp3) is 0.310. The number of aromatic hydroxyl groups is 1. The number of Topliss-reactive ketones (excluding diaryl/α,β-unsaturated/α-hetero) is 1. The number of phenolic OH excluding ortho intramolecular Hbond substituents is 1. The second-order valence-corrected chi connectivity index (χ2v) is 9.59. The molecule has 0 amide bonds. The maximum absolute atomic E-state index is 12.6. The van der Waals surface area contributed by atoms with E-state index < -0.39 is 0 Å². The van der Waals surface area contributed by atoms with Gasteiger partial charge in [0.05, 0.1) is 13.1 Å². The molecule has 0 saturated carbocycles. The molecule has 3 saturated heterocycles. The molecule has 0 aliphatic carbocycles. The highest BCUT2D eigenvalue weighted by Crippen LogP contribution is 2.36. The Hall–Kier alpha value is -3.71. The average Bonchev–Trinajstić information content (AvgIpc) is 2.87. The number of quaternary nitrogens is 1. The number of para-hydroxylation sites is 1. The maximum Gasteiger partial charge on any atom is 0.303 e. The summed E-state index contributed by atoms with van der Waals surface area (Å²) in [6.07, 6.45) is 1.95. The lowest BCUT2D eigenvalue weighted by atomic mass is 9.83. The highest BCUT2D eigenvalue weighted by molar-refractivity contribution is 5.97. The summed E-state index contributed by atoms with van der Waals surface area (Å²) in [5.74, 6) is 0.137. The molecular formula is C29H32FN2O4+. The SMILES string of the molecule is CC(=O)OC1C[N+]2(CC(=O)c3cccc(O)c3)CCC1CC2.Fc1ccc(Nc2ccccc2)cc1. The van der Waals surface area contributed by atoms with Crippen molar-refractivity contribution in [2.75, 3.05) is 31.5 Å². The summed E-state index contributed by atoms with van der Waals surface area (Å²) in [6, 6.07) is 22.6. The van der Waals surface area contributed by atoms with E-state index in [-0.39, 0.29) is 29.4 Å². The van der Waals surface area contributed by atoms with Gasteiger partial charge in [-0.2, -0.15) is 0 Å². The number of ether oxygens (including phenoxy) is 1. The van der Waals surface area contributed by atoms with Gasteiger partial charge in [-0.1, -0.05) is 30.3 Å². The van der Waals surface area contributed by atoms with Gasteiger partial charge in [-0.25, -0.2) is 4.39 Å². The minimum absolute atomic E-state index is 0.0397. The normalized spacial score (nSPS) is 22.2. The molecule has 7 heteroatoms. The number of esters is 1. The second-order valence-electron chi connectivity index (χ2n) is 9.59. The van der Waals surface area contributed by atoms with E-state index >= 15 is 0 Å². The Morgan fingerprint density at radius 3 is 2.28 bits per heavy atom. The van der Waals surface area contributed by atoms with Crippen LogP contribution < -0.4 is 5.32 Å². The van der Waals surface area contributed by atoms with Gasteiger partial charge in [0.2, 0.25) is 5.78 Å². The van der Waals surface area contributed by atoms with Crippen LogP contribution in [-0.4, -0.2) is 53.6 Å². The average molecular weight is 492 g/mol. The van der Waals surface area contributed by atoms with Crippen LogP contribution in [0.4, 0.5) is 15.8 Å². The van der Waals surface area contributed by atoms with Crippen molar-refractivity contribution >= 4 is 23.1 Å². The molecule has 2 N–H and O–H groups in total. The predicted octanol–water partition coefficient (Wildman–Crippen LogP) is 5.32. The summed E-state index contributed by atoms with van der Waals surface area (Å²) >= 11 is 0. The van der Waals surface area contributed by atoms with Crippen LogP contribution >= 0.6 is 0 Å². The van der Waals surface area contributed by atoms with Crippen LogP contribution in [0.25, 0.3) is 0 Å². The van der Waals surface area contributed by atoms with Gasteiger partial charge in [0.25, 0.3) is 0 Å². The van der Waals surface area contributed by atoms with Crippen LogP contribution in [-0.2, 0) is 9.53 Å². The summed E-state index contributed by atoms with van der Waals surface area (Å²) in [5.41, 5.74) is 2.43. The standard InChI is InChI=1S/C17H21NO4.C12H10FN/c1-12(19)22-17-11-18(7-5-13(17)6-8-18)10-16(21)14-3-2-4-15(20)9-14;13-10-6-8-12(9-7-10)14-11-4-2-1-3-5-11/h2-4,9,13,17H,5-8,10-11H2,1H3;1-9,14H/p+1. The number of nitrogens with zero attached hydrogens (tertiary/aromatic N) is 1. The van der Waals surface area contributed by atoms with Crippen molar-refractivity contribution in [1.29, 1.82) is 0 Å². The van der Waals surface area contributed by atoms with Crippen molar-refractivity contribution in [3.8, 4) is 5.75 Å². The number of rotatable bonds is 6. The lowest BCUT2D eigenvalue weighted by molar-refractivity contribution is -0.938. The number of nitrogens with one attached hydrogen (secondary N) is 1. The quantitative estimate of drug-likeness (QED) is 0.277. The number of halogens is 1. The first-order chi connectivity index (χ1) is 17.3. The van der Waals surface area contributed by atoms with E-state index in [9.17, 15) is 19.1 Å². The highest BCUT2D eigenvalue weighted by atomic mass is 19.1. The molecule has 3 aliphatic heterocycles. The van der Waals surface area contributed by atoms with E-state index in [1.54, 1.807) is 30.3 Å². The Bertz CT molecular complexity index is 1180. The number of fused-ring (bicyclic) bond motifs is 3. The summed E-state index contributed by atoms with van der Waals surface area (Å²) in [4.78, 5) is 23.8. The molecule has 36 heavy (non-hydrogen) atoms. The second kappa shape index (κ2) is 11.4. The van der Waals surface area contributed by atoms with Crippen LogP contribution in [0, 0.1) is 11.7 Å². The zero-order chi connectivity index (χ0) is 25.5. The lowest BCUT2D eigenvalue weighted by Crippen LogP contribution is -2.65. The first-order valence-electron chi connectivity index (χ1n) is 12.2. The van der Waals surface area contributed by atoms with Crippen molar-refractivity contribution < 1.29 is 28.3 Å². The number of carbonyl (C=O) groups excluding carboxylic acids is 2. The predicted molar refractivity (Wildman–Crippen MR) is 137 cm³/mol. The molecule has 3 heterocycles. The Morgan fingerprint density at radius 2 is 1.64 bits per heavy atom. The highest BCUT2D eigenvalue weighted by Gasteiger charge is 2.48. The molecule has 0 radical (unpaired) electrons. The summed E-state index contributed by atoms with van der Waals surface area (Å²) < 4.78 is 18.7. The summed E-state index contributed by atoms with van der Waals surface area (Å²) in [6.45, 7) is 4.52. The van der Waals surface area contributed by atoms with Crippen LogP contribution in [0.2, 0.25) is 0 Å². The van der Waals surface area contributed by atoms with Crippen LogP contribution in [0.1, 0.15) is 30.1 Å². The first kappa shape index (κ1) is 25.4.